The van der Waals surface area contributed by atoms with E-state index in [4.69, 9.17) is 0 Å². The summed E-state index contributed by atoms with van der Waals surface area (Å²) in [5.74, 6) is 0. The second-order valence-corrected chi connectivity index (χ2v) is 7.23. The van der Waals surface area contributed by atoms with E-state index in [-0.39, 0.29) is 0 Å². The zero-order valence-electron chi connectivity index (χ0n) is 15.5. The Kier molecular flexibility index (Phi) is 5.27. The lowest BCUT2D eigenvalue weighted by atomic mass is 10.0. The summed E-state index contributed by atoms with van der Waals surface area (Å²) in [6.07, 6.45) is 9.33. The average Bonchev–Trinajstić information content (AvgIpc) is 3.17. The number of aromatic nitrogens is 3. The first kappa shape index (κ1) is 17.2. The smallest absolute Gasteiger partial charge is 0.136 e. The number of rotatable bonds is 6. The normalized spacial score (nSPS) is 16.5. The quantitative estimate of drug-likeness (QED) is 0.686. The van der Waals surface area contributed by atoms with Gasteiger partial charge in [-0.25, -0.2) is 4.98 Å². The van der Waals surface area contributed by atoms with E-state index in [1.54, 1.807) is 0 Å². The van der Waals surface area contributed by atoms with Gasteiger partial charge in [0.1, 0.15) is 5.65 Å². The molecule has 5 nitrogen and oxygen atoms in total. The minimum absolute atomic E-state index is 0.653. The average molecular weight is 349 g/mol. The summed E-state index contributed by atoms with van der Waals surface area (Å²) >= 11 is 0. The van der Waals surface area contributed by atoms with Crippen LogP contribution in [-0.2, 0) is 13.0 Å². The highest BCUT2D eigenvalue weighted by Crippen LogP contribution is 2.18. The highest BCUT2D eigenvalue weighted by atomic mass is 15.2. The molecule has 1 fully saturated rings. The topological polar surface area (TPSA) is 36.7 Å². The van der Waals surface area contributed by atoms with Crippen molar-refractivity contribution in [2.75, 3.05) is 26.7 Å². The van der Waals surface area contributed by atoms with Crippen molar-refractivity contribution >= 4 is 5.65 Å². The fourth-order valence-corrected chi connectivity index (χ4v) is 3.92. The number of nitrogens with zero attached hydrogens (tertiary/aromatic N) is 5. The largest absolute Gasteiger partial charge is 0.303 e. The molecule has 136 valence electrons. The molecule has 4 heterocycles. The van der Waals surface area contributed by atoms with Gasteiger partial charge in [0.15, 0.2) is 0 Å². The van der Waals surface area contributed by atoms with Gasteiger partial charge in [-0.3, -0.25) is 9.88 Å². The number of fused-ring (bicyclic) bond motifs is 1. The van der Waals surface area contributed by atoms with E-state index >= 15 is 0 Å². The molecule has 0 amide bonds. The van der Waals surface area contributed by atoms with Crippen molar-refractivity contribution in [2.45, 2.75) is 31.8 Å². The standard InChI is InChI=1S/C21H27N5/c1-24(17-20-6-4-7-21-23-12-16-26(20)21)19-9-14-25(15-10-19)13-8-18-5-2-3-11-22-18/h2-7,11-12,16,19H,8-10,13-15,17H2,1H3. The molecule has 3 aromatic rings. The molecular formula is C21H27N5. The van der Waals surface area contributed by atoms with Gasteiger partial charge in [0.25, 0.3) is 0 Å². The summed E-state index contributed by atoms with van der Waals surface area (Å²) in [5.41, 5.74) is 3.53. The Hall–Kier alpha value is -2.24. The van der Waals surface area contributed by atoms with E-state index in [1.165, 1.54) is 37.3 Å². The molecule has 0 N–H and O–H groups in total. The Balaban J connectivity index is 1.28. The van der Waals surface area contributed by atoms with Crippen molar-refractivity contribution < 1.29 is 0 Å². The number of hydrogen-bond acceptors (Lipinski definition) is 4. The molecule has 0 aromatic carbocycles. The van der Waals surface area contributed by atoms with Crippen LogP contribution in [0.5, 0.6) is 0 Å². The van der Waals surface area contributed by atoms with Crippen molar-refractivity contribution in [1.82, 2.24) is 24.2 Å². The van der Waals surface area contributed by atoms with Crippen LogP contribution in [0.2, 0.25) is 0 Å². The highest BCUT2D eigenvalue weighted by Gasteiger charge is 2.22. The van der Waals surface area contributed by atoms with Crippen LogP contribution < -0.4 is 0 Å². The summed E-state index contributed by atoms with van der Waals surface area (Å²) in [6.45, 7) is 4.43. The molecule has 0 unspecified atom stereocenters. The fourth-order valence-electron chi connectivity index (χ4n) is 3.92. The fraction of sp³-hybridized carbons (Fsp3) is 0.429. The third kappa shape index (κ3) is 3.94. The predicted octanol–water partition coefficient (Wildman–Crippen LogP) is 2.87. The zero-order chi connectivity index (χ0) is 17.8. The predicted molar refractivity (Wildman–Crippen MR) is 104 cm³/mol. The molecule has 1 saturated heterocycles. The van der Waals surface area contributed by atoms with Crippen LogP contribution in [0, 0.1) is 0 Å². The minimum Gasteiger partial charge on any atom is -0.303 e. The first-order valence-corrected chi connectivity index (χ1v) is 9.53. The molecule has 5 heteroatoms. The molecule has 0 atom stereocenters. The zero-order valence-corrected chi connectivity index (χ0v) is 15.5. The van der Waals surface area contributed by atoms with Gasteiger partial charge in [-0.05, 0) is 57.2 Å². The first-order chi connectivity index (χ1) is 12.8. The van der Waals surface area contributed by atoms with Crippen LogP contribution in [0.4, 0.5) is 0 Å². The molecule has 1 aliphatic heterocycles. The van der Waals surface area contributed by atoms with E-state index in [9.17, 15) is 0 Å². The maximum absolute atomic E-state index is 4.43. The number of likely N-dealkylation sites (tertiary alicyclic amines) is 1. The van der Waals surface area contributed by atoms with Gasteiger partial charge in [0.05, 0.1) is 0 Å². The van der Waals surface area contributed by atoms with Crippen LogP contribution in [0.15, 0.2) is 55.0 Å². The maximum Gasteiger partial charge on any atom is 0.136 e. The molecule has 1 aliphatic rings. The molecule has 0 radical (unpaired) electrons. The molecule has 0 bridgehead atoms. The number of imidazole rings is 1. The minimum atomic E-state index is 0.653. The maximum atomic E-state index is 4.43. The molecule has 0 saturated carbocycles. The van der Waals surface area contributed by atoms with Crippen LogP contribution in [0.1, 0.15) is 24.2 Å². The third-order valence-electron chi connectivity index (χ3n) is 5.51. The van der Waals surface area contributed by atoms with E-state index < -0.39 is 0 Å². The lowest BCUT2D eigenvalue weighted by Crippen LogP contribution is -2.43. The van der Waals surface area contributed by atoms with Gasteiger partial charge >= 0.3 is 0 Å². The molecule has 26 heavy (non-hydrogen) atoms. The number of pyridine rings is 2. The van der Waals surface area contributed by atoms with Crippen LogP contribution in [0.3, 0.4) is 0 Å². The second kappa shape index (κ2) is 7.98. The van der Waals surface area contributed by atoms with E-state index in [0.29, 0.717) is 6.04 Å². The van der Waals surface area contributed by atoms with Gasteiger partial charge < -0.3 is 9.30 Å². The van der Waals surface area contributed by atoms with Gasteiger partial charge in [0.2, 0.25) is 0 Å². The van der Waals surface area contributed by atoms with E-state index in [1.807, 2.05) is 18.5 Å². The Labute approximate surface area is 155 Å². The molecule has 0 spiro atoms. The summed E-state index contributed by atoms with van der Waals surface area (Å²) in [4.78, 5) is 13.9. The molecule has 3 aromatic heterocycles. The first-order valence-electron chi connectivity index (χ1n) is 9.53. The highest BCUT2D eigenvalue weighted by molar-refractivity contribution is 5.39. The summed E-state index contributed by atoms with van der Waals surface area (Å²) in [7, 11) is 2.25. The Morgan fingerprint density at radius 2 is 1.92 bits per heavy atom. The molecular weight excluding hydrogens is 322 g/mol. The van der Waals surface area contributed by atoms with Gasteiger partial charge in [0, 0.05) is 55.5 Å². The third-order valence-corrected chi connectivity index (χ3v) is 5.51. The monoisotopic (exact) mass is 349 g/mol. The van der Waals surface area contributed by atoms with Crippen molar-refractivity contribution in [3.8, 4) is 0 Å². The van der Waals surface area contributed by atoms with E-state index in [0.717, 1.165) is 25.2 Å². The number of piperidine rings is 1. The van der Waals surface area contributed by atoms with Gasteiger partial charge in [-0.2, -0.15) is 0 Å². The van der Waals surface area contributed by atoms with Crippen LogP contribution >= 0.6 is 0 Å². The van der Waals surface area contributed by atoms with Crippen molar-refractivity contribution in [3.63, 3.8) is 0 Å². The Morgan fingerprint density at radius 1 is 1.04 bits per heavy atom. The lowest BCUT2D eigenvalue weighted by Gasteiger charge is -2.36. The number of hydrogen-bond donors (Lipinski definition) is 0. The summed E-state index contributed by atoms with van der Waals surface area (Å²) in [5, 5.41) is 0. The van der Waals surface area contributed by atoms with Crippen molar-refractivity contribution in [1.29, 1.82) is 0 Å². The van der Waals surface area contributed by atoms with Crippen LogP contribution in [0.25, 0.3) is 5.65 Å². The Morgan fingerprint density at radius 3 is 2.73 bits per heavy atom. The van der Waals surface area contributed by atoms with Gasteiger partial charge in [-0.15, -0.1) is 0 Å². The molecule has 4 rings (SSSR count). The van der Waals surface area contributed by atoms with Crippen LogP contribution in [-0.4, -0.2) is 56.9 Å². The summed E-state index contributed by atoms with van der Waals surface area (Å²) < 4.78 is 2.19. The lowest BCUT2D eigenvalue weighted by molar-refractivity contribution is 0.123. The van der Waals surface area contributed by atoms with Crippen molar-refractivity contribution in [2.24, 2.45) is 0 Å². The van der Waals surface area contributed by atoms with Crippen molar-refractivity contribution in [3.05, 3.63) is 66.4 Å². The SMILES string of the molecule is CN(Cc1cccc2nccn12)C1CCN(CCc2ccccn2)CC1. The Bertz CT molecular complexity index is 821. The van der Waals surface area contributed by atoms with Gasteiger partial charge in [-0.1, -0.05) is 12.1 Å². The molecule has 0 aliphatic carbocycles. The summed E-state index contributed by atoms with van der Waals surface area (Å²) in [6, 6.07) is 13.2. The second-order valence-electron chi connectivity index (χ2n) is 7.23. The van der Waals surface area contributed by atoms with E-state index in [2.05, 4.69) is 67.7 Å².